The fraction of sp³-hybridized carbons (Fsp3) is 0.150. The normalized spacial score (nSPS) is 16.4. The van der Waals surface area contributed by atoms with Crippen LogP contribution >= 0.6 is 0 Å². The van der Waals surface area contributed by atoms with Gasteiger partial charge in [-0.15, -0.1) is 0 Å². The van der Waals surface area contributed by atoms with Gasteiger partial charge in [0.05, 0.1) is 45.0 Å². The minimum Gasteiger partial charge on any atom is -0.478 e. The molecule has 1 aliphatic rings. The Kier molecular flexibility index (Phi) is 5.59. The number of carboxylic acids is 1. The number of hydrogen-bond acceptors (Lipinski definition) is 5. The number of rotatable bonds is 4. The molecule has 0 radical (unpaired) electrons. The zero-order chi connectivity index (χ0) is 23.8. The topological polar surface area (TPSA) is 137 Å². The number of nitrogens with zero attached hydrogens (tertiary/aromatic N) is 3. The number of hydrogen-bond donors (Lipinski definition) is 2. The van der Waals surface area contributed by atoms with Crippen molar-refractivity contribution < 1.29 is 32.8 Å². The van der Waals surface area contributed by atoms with Gasteiger partial charge in [-0.25, -0.2) is 9.59 Å². The second kappa shape index (κ2) is 8.03. The van der Waals surface area contributed by atoms with Crippen LogP contribution in [-0.4, -0.2) is 22.0 Å². The quantitative estimate of drug-likeness (QED) is 0.536. The molecule has 0 spiro atoms. The third kappa shape index (κ3) is 3.95. The summed E-state index contributed by atoms with van der Waals surface area (Å²) in [4.78, 5) is 36.3. The molecule has 3 rings (SSSR count). The van der Waals surface area contributed by atoms with Crippen molar-refractivity contribution in [2.24, 2.45) is 0 Å². The average Bonchev–Trinajstić information content (AvgIpc) is 2.72. The molecule has 0 bridgehead atoms. The number of allylic oxidation sites excluding steroid dienone is 1. The summed E-state index contributed by atoms with van der Waals surface area (Å²) in [6, 6.07) is 6.34. The van der Waals surface area contributed by atoms with E-state index in [1.54, 1.807) is 6.07 Å². The van der Waals surface area contributed by atoms with Gasteiger partial charge in [0.2, 0.25) is 0 Å². The van der Waals surface area contributed by atoms with Crippen molar-refractivity contribution >= 4 is 23.4 Å². The molecule has 2 amide bonds. The van der Waals surface area contributed by atoms with Gasteiger partial charge >= 0.3 is 18.2 Å². The lowest BCUT2D eigenvalue weighted by Crippen LogP contribution is -2.48. The maximum atomic E-state index is 13.1. The van der Waals surface area contributed by atoms with Crippen LogP contribution in [0.3, 0.4) is 0 Å². The van der Waals surface area contributed by atoms with Crippen molar-refractivity contribution in [3.05, 3.63) is 80.5 Å². The van der Waals surface area contributed by atoms with Crippen molar-refractivity contribution in [2.45, 2.75) is 19.1 Å². The fourth-order valence-corrected chi connectivity index (χ4v) is 3.40. The molecule has 2 N–H and O–H groups in total. The zero-order valence-electron chi connectivity index (χ0n) is 16.2. The molecule has 32 heavy (non-hydrogen) atoms. The van der Waals surface area contributed by atoms with Crippen LogP contribution in [0.2, 0.25) is 0 Å². The Balaban J connectivity index is 2.19. The van der Waals surface area contributed by atoms with Crippen molar-refractivity contribution in [2.75, 3.05) is 4.90 Å². The minimum absolute atomic E-state index is 0.0502. The van der Waals surface area contributed by atoms with Crippen LogP contribution in [0.4, 0.5) is 29.3 Å². The third-order valence-electron chi connectivity index (χ3n) is 4.81. The lowest BCUT2D eigenvalue weighted by Gasteiger charge is -2.34. The number of carboxylic acid groups (broad SMARTS) is 1. The molecule has 1 aliphatic heterocycles. The first-order chi connectivity index (χ1) is 15.0. The SMILES string of the molecule is CC1=C(C(=O)O)C(c2ccc(C#N)cc2[N+](=O)[O-])NC(=O)N1c1cccc(C(F)(F)F)c1. The summed E-state index contributed by atoms with van der Waals surface area (Å²) in [5.41, 5.74) is -2.81. The first kappa shape index (κ1) is 22.3. The molecule has 1 atom stereocenters. The molecule has 2 aromatic rings. The van der Waals surface area contributed by atoms with Gasteiger partial charge in [0.15, 0.2) is 0 Å². The van der Waals surface area contributed by atoms with E-state index in [4.69, 9.17) is 5.26 Å². The largest absolute Gasteiger partial charge is 0.478 e. The van der Waals surface area contributed by atoms with Crippen LogP contribution in [0.15, 0.2) is 53.7 Å². The first-order valence-corrected chi connectivity index (χ1v) is 8.86. The van der Waals surface area contributed by atoms with E-state index in [0.717, 1.165) is 29.2 Å². The molecule has 2 aromatic carbocycles. The molecule has 1 unspecified atom stereocenters. The summed E-state index contributed by atoms with van der Waals surface area (Å²) in [5, 5.41) is 32.6. The second-order valence-electron chi connectivity index (χ2n) is 6.71. The number of halogens is 3. The highest BCUT2D eigenvalue weighted by molar-refractivity contribution is 6.03. The number of carbonyl (C=O) groups is 2. The number of carbonyl (C=O) groups excluding carboxylic acids is 1. The number of nitro groups is 1. The van der Waals surface area contributed by atoms with Crippen LogP contribution < -0.4 is 10.2 Å². The van der Waals surface area contributed by atoms with E-state index >= 15 is 0 Å². The zero-order valence-corrected chi connectivity index (χ0v) is 16.2. The monoisotopic (exact) mass is 446 g/mol. The van der Waals surface area contributed by atoms with Crippen LogP contribution in [0.5, 0.6) is 0 Å². The van der Waals surface area contributed by atoms with Gasteiger partial charge in [-0.05, 0) is 37.3 Å². The molecule has 9 nitrogen and oxygen atoms in total. The van der Waals surface area contributed by atoms with E-state index in [1.807, 2.05) is 0 Å². The van der Waals surface area contributed by atoms with Crippen LogP contribution in [0.1, 0.15) is 29.7 Å². The Labute approximate surface area is 178 Å². The Morgan fingerprint density at radius 1 is 1.28 bits per heavy atom. The van der Waals surface area contributed by atoms with Gasteiger partial charge < -0.3 is 10.4 Å². The summed E-state index contributed by atoms with van der Waals surface area (Å²) < 4.78 is 39.3. The summed E-state index contributed by atoms with van der Waals surface area (Å²) in [5.74, 6) is -1.54. The Morgan fingerprint density at radius 3 is 2.53 bits per heavy atom. The Bertz CT molecular complexity index is 1220. The van der Waals surface area contributed by atoms with Crippen LogP contribution in [0, 0.1) is 21.4 Å². The fourth-order valence-electron chi connectivity index (χ4n) is 3.40. The van der Waals surface area contributed by atoms with Crippen molar-refractivity contribution in [3.63, 3.8) is 0 Å². The van der Waals surface area contributed by atoms with Gasteiger partial charge in [0.1, 0.15) is 0 Å². The number of benzene rings is 2. The summed E-state index contributed by atoms with van der Waals surface area (Å²) >= 11 is 0. The molecule has 1 heterocycles. The predicted octanol–water partition coefficient (Wildman–Crippen LogP) is 4.11. The van der Waals surface area contributed by atoms with Crippen LogP contribution in [0.25, 0.3) is 0 Å². The highest BCUT2D eigenvalue weighted by Crippen LogP contribution is 2.38. The molecule has 0 aromatic heterocycles. The molecule has 0 saturated heterocycles. The number of nitriles is 1. The molecule has 164 valence electrons. The third-order valence-corrected chi connectivity index (χ3v) is 4.81. The highest BCUT2D eigenvalue weighted by Gasteiger charge is 2.40. The van der Waals surface area contributed by atoms with E-state index in [2.05, 4.69) is 5.32 Å². The summed E-state index contributed by atoms with van der Waals surface area (Å²) in [6.07, 6.45) is -4.69. The summed E-state index contributed by atoms with van der Waals surface area (Å²) in [6.45, 7) is 1.21. The van der Waals surface area contributed by atoms with E-state index in [0.29, 0.717) is 6.07 Å². The van der Waals surface area contributed by atoms with Gasteiger partial charge in [-0.1, -0.05) is 6.07 Å². The van der Waals surface area contributed by atoms with Crippen molar-refractivity contribution in [3.8, 4) is 6.07 Å². The van der Waals surface area contributed by atoms with E-state index in [1.165, 1.54) is 19.1 Å². The van der Waals surface area contributed by atoms with Gasteiger partial charge in [0.25, 0.3) is 5.69 Å². The number of nitrogens with one attached hydrogen (secondary N) is 1. The van der Waals surface area contributed by atoms with Crippen molar-refractivity contribution in [1.82, 2.24) is 5.32 Å². The standard InChI is InChI=1S/C20H13F3N4O5/c1-10-16(18(28)29)17(14-6-5-11(9-24)7-15(14)27(31)32)25-19(30)26(10)13-4-2-3-12(8-13)20(21,22)23/h2-8,17H,1H3,(H,25,30)(H,28,29). The summed E-state index contributed by atoms with van der Waals surface area (Å²) in [7, 11) is 0. The molecular formula is C20H13F3N4O5. The average molecular weight is 446 g/mol. The predicted molar refractivity (Wildman–Crippen MR) is 103 cm³/mol. The lowest BCUT2D eigenvalue weighted by atomic mass is 9.92. The number of anilines is 1. The van der Waals surface area contributed by atoms with E-state index < -0.39 is 46.0 Å². The molecule has 0 saturated carbocycles. The molecule has 0 aliphatic carbocycles. The Hall–Kier alpha value is -4.40. The Morgan fingerprint density at radius 2 is 1.97 bits per heavy atom. The molecule has 12 heteroatoms. The lowest BCUT2D eigenvalue weighted by molar-refractivity contribution is -0.385. The number of aliphatic carboxylic acids is 1. The second-order valence-corrected chi connectivity index (χ2v) is 6.71. The smallest absolute Gasteiger partial charge is 0.416 e. The number of urea groups is 1. The number of amides is 2. The van der Waals surface area contributed by atoms with Gasteiger partial charge in [-0.3, -0.25) is 15.0 Å². The highest BCUT2D eigenvalue weighted by atomic mass is 19.4. The van der Waals surface area contributed by atoms with E-state index in [-0.39, 0.29) is 22.5 Å². The number of nitro benzene ring substituents is 1. The minimum atomic E-state index is -4.69. The maximum absolute atomic E-state index is 13.1. The van der Waals surface area contributed by atoms with Crippen molar-refractivity contribution in [1.29, 1.82) is 5.26 Å². The molecule has 0 fully saturated rings. The molecular weight excluding hydrogens is 433 g/mol. The van der Waals surface area contributed by atoms with Crippen LogP contribution in [-0.2, 0) is 11.0 Å². The van der Waals surface area contributed by atoms with Gasteiger partial charge in [-0.2, -0.15) is 18.4 Å². The van der Waals surface area contributed by atoms with E-state index in [9.17, 15) is 38.0 Å². The first-order valence-electron chi connectivity index (χ1n) is 8.86. The van der Waals surface area contributed by atoms with Gasteiger partial charge in [0, 0.05) is 11.8 Å². The number of alkyl halides is 3. The maximum Gasteiger partial charge on any atom is 0.416 e.